The molecular weight excluding hydrogens is 300 g/mol. The van der Waals surface area contributed by atoms with Crippen LogP contribution in [-0.2, 0) is 4.74 Å². The van der Waals surface area contributed by atoms with E-state index in [9.17, 15) is 4.79 Å². The van der Waals surface area contributed by atoms with E-state index < -0.39 is 5.60 Å². The first-order valence-electron chi connectivity index (χ1n) is 4.66. The normalized spacial score (nSPS) is 25.8. The Morgan fingerprint density at radius 3 is 2.93 bits per heavy atom. The van der Waals surface area contributed by atoms with E-state index in [4.69, 9.17) is 16.3 Å². The van der Waals surface area contributed by atoms with Gasteiger partial charge < -0.3 is 4.74 Å². The molecule has 2 nitrogen and oxygen atoms in total. The largest absolute Gasteiger partial charge is 0.367 e. The standard InChI is InChI=1S/C10H10BrClO2S/c1-10(3-2-4-14-10)8(13)7-5-6(12)9(11)15-7/h5H,2-4H2,1H3. The van der Waals surface area contributed by atoms with Crippen molar-refractivity contribution in [1.82, 2.24) is 0 Å². The highest BCUT2D eigenvalue weighted by atomic mass is 79.9. The molecule has 2 rings (SSSR count). The van der Waals surface area contributed by atoms with Crippen molar-refractivity contribution in [3.63, 3.8) is 0 Å². The molecule has 0 aromatic carbocycles. The highest BCUT2D eigenvalue weighted by Gasteiger charge is 2.39. The summed E-state index contributed by atoms with van der Waals surface area (Å²) in [6, 6.07) is 1.70. The fraction of sp³-hybridized carbons (Fsp3) is 0.500. The topological polar surface area (TPSA) is 26.3 Å². The summed E-state index contributed by atoms with van der Waals surface area (Å²) in [5.74, 6) is 0.0394. The van der Waals surface area contributed by atoms with Crippen molar-refractivity contribution in [1.29, 1.82) is 0 Å². The molecule has 1 fully saturated rings. The Kier molecular flexibility index (Phi) is 3.22. The number of rotatable bonds is 2. The molecule has 1 aliphatic heterocycles. The van der Waals surface area contributed by atoms with Crippen molar-refractivity contribution in [2.24, 2.45) is 0 Å². The lowest BCUT2D eigenvalue weighted by Crippen LogP contribution is -2.33. The second-order valence-corrected chi connectivity index (χ2v) is 6.52. The molecule has 0 amide bonds. The zero-order chi connectivity index (χ0) is 11.1. The third-order valence-corrected chi connectivity index (χ3v) is 5.04. The van der Waals surface area contributed by atoms with Gasteiger partial charge in [-0.15, -0.1) is 11.3 Å². The van der Waals surface area contributed by atoms with Crippen molar-refractivity contribution < 1.29 is 9.53 Å². The molecule has 1 aliphatic rings. The fourth-order valence-corrected chi connectivity index (χ4v) is 3.44. The van der Waals surface area contributed by atoms with Crippen LogP contribution in [0.5, 0.6) is 0 Å². The van der Waals surface area contributed by atoms with E-state index >= 15 is 0 Å². The van der Waals surface area contributed by atoms with Crippen LogP contribution in [0.25, 0.3) is 0 Å². The maximum absolute atomic E-state index is 12.1. The highest BCUT2D eigenvalue weighted by molar-refractivity contribution is 9.11. The molecule has 0 spiro atoms. The average Bonchev–Trinajstić information content (AvgIpc) is 2.75. The number of halogens is 2. The van der Waals surface area contributed by atoms with Gasteiger partial charge in [-0.1, -0.05) is 11.6 Å². The summed E-state index contributed by atoms with van der Waals surface area (Å²) >= 11 is 10.6. The molecule has 82 valence electrons. The Bertz CT molecular complexity index is 377. The van der Waals surface area contributed by atoms with E-state index in [0.29, 0.717) is 16.5 Å². The van der Waals surface area contributed by atoms with Gasteiger partial charge in [-0.05, 0) is 41.8 Å². The van der Waals surface area contributed by atoms with Crippen LogP contribution in [0, 0.1) is 0 Å². The van der Waals surface area contributed by atoms with Gasteiger partial charge in [0.15, 0.2) is 0 Å². The molecule has 1 aromatic rings. The second-order valence-electron chi connectivity index (χ2n) is 3.74. The van der Waals surface area contributed by atoms with Crippen LogP contribution >= 0.6 is 38.9 Å². The molecule has 0 radical (unpaired) electrons. The third-order valence-electron chi connectivity index (χ3n) is 2.57. The lowest BCUT2D eigenvalue weighted by Gasteiger charge is -2.20. The quantitative estimate of drug-likeness (QED) is 0.774. The van der Waals surface area contributed by atoms with E-state index in [1.807, 2.05) is 6.92 Å². The van der Waals surface area contributed by atoms with Gasteiger partial charge in [0.2, 0.25) is 5.78 Å². The first-order valence-corrected chi connectivity index (χ1v) is 6.65. The summed E-state index contributed by atoms with van der Waals surface area (Å²) in [4.78, 5) is 12.8. The molecule has 2 heterocycles. The summed E-state index contributed by atoms with van der Waals surface area (Å²) in [6.45, 7) is 2.52. The lowest BCUT2D eigenvalue weighted by atomic mass is 9.96. The molecule has 1 unspecified atom stereocenters. The van der Waals surface area contributed by atoms with Crippen LogP contribution in [0.2, 0.25) is 5.02 Å². The number of hydrogen-bond donors (Lipinski definition) is 0. The molecule has 1 saturated heterocycles. The van der Waals surface area contributed by atoms with E-state index in [2.05, 4.69) is 15.9 Å². The number of Topliss-reactive ketones (excluding diaryl/α,β-unsaturated/α-hetero) is 1. The van der Waals surface area contributed by atoms with Gasteiger partial charge in [0.25, 0.3) is 0 Å². The third kappa shape index (κ3) is 2.13. The van der Waals surface area contributed by atoms with Crippen LogP contribution in [0.3, 0.4) is 0 Å². The van der Waals surface area contributed by atoms with Gasteiger partial charge in [0, 0.05) is 6.61 Å². The van der Waals surface area contributed by atoms with Crippen LogP contribution in [-0.4, -0.2) is 18.0 Å². The maximum Gasteiger partial charge on any atom is 0.204 e. The van der Waals surface area contributed by atoms with Crippen molar-refractivity contribution in [2.45, 2.75) is 25.4 Å². The van der Waals surface area contributed by atoms with Gasteiger partial charge in [0.1, 0.15) is 5.60 Å². The molecule has 15 heavy (non-hydrogen) atoms. The molecular formula is C10H10BrClO2S. The Morgan fingerprint density at radius 1 is 1.73 bits per heavy atom. The van der Waals surface area contributed by atoms with Crippen molar-refractivity contribution in [2.75, 3.05) is 6.61 Å². The van der Waals surface area contributed by atoms with Gasteiger partial charge in [-0.2, -0.15) is 0 Å². The number of ether oxygens (including phenoxy) is 1. The number of ketones is 1. The van der Waals surface area contributed by atoms with E-state index in [1.54, 1.807) is 6.07 Å². The number of thiophene rings is 1. The van der Waals surface area contributed by atoms with Gasteiger partial charge in [-0.3, -0.25) is 4.79 Å². The summed E-state index contributed by atoms with van der Waals surface area (Å²) in [5.41, 5.74) is -0.645. The van der Waals surface area contributed by atoms with Crippen molar-refractivity contribution in [3.05, 3.63) is 19.8 Å². The van der Waals surface area contributed by atoms with Gasteiger partial charge in [-0.25, -0.2) is 0 Å². The number of carbonyl (C=O) groups is 1. The number of carbonyl (C=O) groups excluding carboxylic acids is 1. The van der Waals surface area contributed by atoms with Crippen molar-refractivity contribution >= 4 is 44.7 Å². The zero-order valence-electron chi connectivity index (χ0n) is 8.18. The molecule has 0 N–H and O–H groups in total. The first-order chi connectivity index (χ1) is 7.03. The van der Waals surface area contributed by atoms with Crippen LogP contribution in [0.4, 0.5) is 0 Å². The van der Waals surface area contributed by atoms with E-state index in [1.165, 1.54) is 11.3 Å². The lowest BCUT2D eigenvalue weighted by molar-refractivity contribution is 0.0217. The molecule has 0 bridgehead atoms. The van der Waals surface area contributed by atoms with Gasteiger partial charge >= 0.3 is 0 Å². The summed E-state index contributed by atoms with van der Waals surface area (Å²) in [6.07, 6.45) is 1.74. The Labute approximate surface area is 106 Å². The smallest absolute Gasteiger partial charge is 0.204 e. The highest BCUT2D eigenvalue weighted by Crippen LogP contribution is 2.36. The Morgan fingerprint density at radius 2 is 2.47 bits per heavy atom. The van der Waals surface area contributed by atoms with Crippen LogP contribution in [0.1, 0.15) is 29.4 Å². The monoisotopic (exact) mass is 308 g/mol. The molecule has 1 atom stereocenters. The zero-order valence-corrected chi connectivity index (χ0v) is 11.3. The summed E-state index contributed by atoms with van der Waals surface area (Å²) in [7, 11) is 0. The minimum Gasteiger partial charge on any atom is -0.367 e. The Balaban J connectivity index is 2.27. The first kappa shape index (κ1) is 11.6. The predicted molar refractivity (Wildman–Crippen MR) is 65.0 cm³/mol. The van der Waals surface area contributed by atoms with E-state index in [-0.39, 0.29) is 5.78 Å². The second kappa shape index (κ2) is 4.17. The molecule has 1 aromatic heterocycles. The molecule has 0 saturated carbocycles. The number of hydrogen-bond acceptors (Lipinski definition) is 3. The minimum atomic E-state index is -0.645. The SMILES string of the molecule is CC1(C(=O)c2cc(Cl)c(Br)s2)CCCO1. The van der Waals surface area contributed by atoms with Crippen LogP contribution in [0.15, 0.2) is 9.85 Å². The van der Waals surface area contributed by atoms with E-state index in [0.717, 1.165) is 16.6 Å². The fourth-order valence-electron chi connectivity index (χ4n) is 1.68. The van der Waals surface area contributed by atoms with Crippen LogP contribution < -0.4 is 0 Å². The molecule has 5 heteroatoms. The summed E-state index contributed by atoms with van der Waals surface area (Å²) < 4.78 is 6.30. The minimum absolute atomic E-state index is 0.0394. The molecule has 0 aliphatic carbocycles. The summed E-state index contributed by atoms with van der Waals surface area (Å²) in [5, 5.41) is 0.588. The van der Waals surface area contributed by atoms with Gasteiger partial charge in [0.05, 0.1) is 13.7 Å². The maximum atomic E-state index is 12.1. The average molecular weight is 310 g/mol. The Hall–Kier alpha value is 0.1000. The van der Waals surface area contributed by atoms with Crippen molar-refractivity contribution in [3.8, 4) is 0 Å². The predicted octanol–water partition coefficient (Wildman–Crippen LogP) is 3.92.